The van der Waals surface area contributed by atoms with Gasteiger partial charge in [-0.3, -0.25) is 4.79 Å². The van der Waals surface area contributed by atoms with E-state index < -0.39 is 5.60 Å². The van der Waals surface area contributed by atoms with Crippen LogP contribution in [0.25, 0.3) is 0 Å². The van der Waals surface area contributed by atoms with Crippen molar-refractivity contribution in [3.63, 3.8) is 0 Å². The third-order valence-corrected chi connectivity index (χ3v) is 3.57. The van der Waals surface area contributed by atoms with Crippen molar-refractivity contribution in [2.24, 2.45) is 0 Å². The van der Waals surface area contributed by atoms with Gasteiger partial charge >= 0.3 is 12.1 Å². The molecule has 2 aliphatic heterocycles. The van der Waals surface area contributed by atoms with Gasteiger partial charge in [-0.1, -0.05) is 17.7 Å². The number of ether oxygens (including phenoxy) is 2. The molecule has 5 nitrogen and oxygen atoms in total. The van der Waals surface area contributed by atoms with E-state index in [1.165, 1.54) is 0 Å². The number of nitrogens with zero attached hydrogens (tertiary/aromatic N) is 1. The van der Waals surface area contributed by atoms with Crippen molar-refractivity contribution >= 4 is 12.1 Å². The van der Waals surface area contributed by atoms with Gasteiger partial charge in [0.2, 0.25) is 0 Å². The Labute approximate surface area is 131 Å². The summed E-state index contributed by atoms with van der Waals surface area (Å²) in [7, 11) is 0. The standard InChI is InChI=1S/C17H25NO4/c1-12-9-14(21-15(19)10-12)11-13-7-5-6-8-18(13)16(20)22-17(2,3)4/h5,7,9,13-14H,6,8,10-11H2,1-4H3/t13-,14+/m0/s1. The second-order valence-corrected chi connectivity index (χ2v) is 6.91. The average Bonchev–Trinajstić information content (AvgIpc) is 2.35. The quantitative estimate of drug-likeness (QED) is 0.580. The average molecular weight is 307 g/mol. The molecular formula is C17H25NO4. The zero-order valence-corrected chi connectivity index (χ0v) is 13.8. The van der Waals surface area contributed by atoms with E-state index in [0.29, 0.717) is 19.4 Å². The van der Waals surface area contributed by atoms with Crippen LogP contribution >= 0.6 is 0 Å². The summed E-state index contributed by atoms with van der Waals surface area (Å²) < 4.78 is 10.8. The number of esters is 1. The van der Waals surface area contributed by atoms with Crippen molar-refractivity contribution in [3.8, 4) is 0 Å². The summed E-state index contributed by atoms with van der Waals surface area (Å²) in [5.74, 6) is -0.200. The van der Waals surface area contributed by atoms with Crippen LogP contribution in [-0.4, -0.2) is 41.3 Å². The molecule has 0 unspecified atom stereocenters. The topological polar surface area (TPSA) is 55.8 Å². The Kier molecular flexibility index (Phi) is 4.94. The largest absolute Gasteiger partial charge is 0.458 e. The summed E-state index contributed by atoms with van der Waals surface area (Å²) in [6, 6.07) is -0.108. The number of rotatable bonds is 2. The first kappa shape index (κ1) is 16.6. The van der Waals surface area contributed by atoms with Crippen molar-refractivity contribution in [1.29, 1.82) is 0 Å². The van der Waals surface area contributed by atoms with Gasteiger partial charge in [0, 0.05) is 13.0 Å². The molecule has 0 bridgehead atoms. The maximum atomic E-state index is 12.3. The molecule has 0 aromatic carbocycles. The summed E-state index contributed by atoms with van der Waals surface area (Å²) >= 11 is 0. The first-order valence-electron chi connectivity index (χ1n) is 7.77. The molecule has 0 N–H and O–H groups in total. The molecule has 0 radical (unpaired) electrons. The van der Waals surface area contributed by atoms with Gasteiger partial charge in [0.1, 0.15) is 11.7 Å². The van der Waals surface area contributed by atoms with E-state index in [9.17, 15) is 9.59 Å². The van der Waals surface area contributed by atoms with Crippen molar-refractivity contribution in [3.05, 3.63) is 23.8 Å². The summed E-state index contributed by atoms with van der Waals surface area (Å²) in [4.78, 5) is 25.6. The lowest BCUT2D eigenvalue weighted by Gasteiger charge is -2.35. The molecule has 2 heterocycles. The Morgan fingerprint density at radius 3 is 2.82 bits per heavy atom. The van der Waals surface area contributed by atoms with Crippen LogP contribution in [0.3, 0.4) is 0 Å². The smallest absolute Gasteiger partial charge is 0.410 e. The monoisotopic (exact) mass is 307 g/mol. The van der Waals surface area contributed by atoms with Crippen LogP contribution in [-0.2, 0) is 14.3 Å². The minimum absolute atomic E-state index is 0.108. The van der Waals surface area contributed by atoms with E-state index >= 15 is 0 Å². The SMILES string of the molecule is CC1=C[C@H](C[C@@H]2C=CCCN2C(=O)OC(C)(C)C)OC(=O)C1. The third-order valence-electron chi connectivity index (χ3n) is 3.57. The molecular weight excluding hydrogens is 282 g/mol. The van der Waals surface area contributed by atoms with Gasteiger partial charge in [-0.15, -0.1) is 0 Å². The molecule has 5 heteroatoms. The molecule has 2 atom stereocenters. The van der Waals surface area contributed by atoms with Crippen molar-refractivity contribution in [2.45, 2.75) is 64.7 Å². The van der Waals surface area contributed by atoms with Crippen molar-refractivity contribution in [2.75, 3.05) is 6.54 Å². The van der Waals surface area contributed by atoms with Crippen LogP contribution in [0.2, 0.25) is 0 Å². The van der Waals surface area contributed by atoms with Crippen LogP contribution in [0.1, 0.15) is 47.0 Å². The molecule has 122 valence electrons. The van der Waals surface area contributed by atoms with E-state index in [1.54, 1.807) is 4.90 Å². The third kappa shape index (κ3) is 4.61. The molecule has 0 aromatic heterocycles. The predicted octanol–water partition coefficient (Wildman–Crippen LogP) is 3.20. The molecule has 0 aromatic rings. The summed E-state index contributed by atoms with van der Waals surface area (Å²) in [5, 5.41) is 0. The van der Waals surface area contributed by atoms with Gasteiger partial charge in [-0.2, -0.15) is 0 Å². The molecule has 2 rings (SSSR count). The van der Waals surface area contributed by atoms with Gasteiger partial charge in [-0.25, -0.2) is 4.79 Å². The second-order valence-electron chi connectivity index (χ2n) is 6.91. The number of hydrogen-bond acceptors (Lipinski definition) is 4. The molecule has 0 saturated carbocycles. The Morgan fingerprint density at radius 1 is 1.45 bits per heavy atom. The number of hydrogen-bond donors (Lipinski definition) is 0. The van der Waals surface area contributed by atoms with E-state index in [2.05, 4.69) is 6.08 Å². The van der Waals surface area contributed by atoms with Crippen LogP contribution in [0, 0.1) is 0 Å². The highest BCUT2D eigenvalue weighted by Crippen LogP contribution is 2.23. The lowest BCUT2D eigenvalue weighted by molar-refractivity contribution is -0.147. The lowest BCUT2D eigenvalue weighted by atomic mass is 10.00. The molecule has 0 aliphatic carbocycles. The summed E-state index contributed by atoms with van der Waals surface area (Å²) in [5.41, 5.74) is 0.501. The Bertz CT molecular complexity index is 501. The fourth-order valence-electron chi connectivity index (χ4n) is 2.69. The predicted molar refractivity (Wildman–Crippen MR) is 83.4 cm³/mol. The van der Waals surface area contributed by atoms with Crippen LogP contribution in [0.15, 0.2) is 23.8 Å². The van der Waals surface area contributed by atoms with Crippen LogP contribution in [0.5, 0.6) is 0 Å². The minimum atomic E-state index is -0.517. The molecule has 2 aliphatic rings. The number of amides is 1. The maximum absolute atomic E-state index is 12.3. The number of carbonyl (C=O) groups excluding carboxylic acids is 2. The fraction of sp³-hybridized carbons (Fsp3) is 0.647. The van der Waals surface area contributed by atoms with Gasteiger partial charge < -0.3 is 14.4 Å². The Balaban J connectivity index is 2.05. The summed E-state index contributed by atoms with van der Waals surface area (Å²) in [6.07, 6.45) is 7.17. The fourth-order valence-corrected chi connectivity index (χ4v) is 2.69. The van der Waals surface area contributed by atoms with Gasteiger partial charge in [0.15, 0.2) is 0 Å². The Hall–Kier alpha value is -1.78. The molecule has 22 heavy (non-hydrogen) atoms. The van der Waals surface area contributed by atoms with Gasteiger partial charge in [-0.05, 0) is 40.2 Å². The zero-order valence-electron chi connectivity index (χ0n) is 13.8. The first-order valence-corrected chi connectivity index (χ1v) is 7.77. The maximum Gasteiger partial charge on any atom is 0.410 e. The van der Waals surface area contributed by atoms with E-state index in [-0.39, 0.29) is 24.2 Å². The molecule has 0 spiro atoms. The first-order chi connectivity index (χ1) is 10.2. The van der Waals surface area contributed by atoms with Crippen molar-refractivity contribution < 1.29 is 19.1 Å². The normalized spacial score (nSPS) is 25.5. The summed E-state index contributed by atoms with van der Waals surface area (Å²) in [6.45, 7) is 8.12. The molecule has 0 saturated heterocycles. The van der Waals surface area contributed by atoms with Gasteiger partial charge in [0.05, 0.1) is 12.5 Å². The minimum Gasteiger partial charge on any atom is -0.458 e. The molecule has 1 amide bonds. The second kappa shape index (κ2) is 6.55. The highest BCUT2D eigenvalue weighted by molar-refractivity contribution is 5.74. The van der Waals surface area contributed by atoms with Crippen molar-refractivity contribution in [1.82, 2.24) is 4.90 Å². The number of carbonyl (C=O) groups is 2. The lowest BCUT2D eigenvalue weighted by Crippen LogP contribution is -2.46. The Morgan fingerprint density at radius 2 is 2.18 bits per heavy atom. The zero-order chi connectivity index (χ0) is 16.3. The highest BCUT2D eigenvalue weighted by atomic mass is 16.6. The van der Waals surface area contributed by atoms with Crippen LogP contribution < -0.4 is 0 Å². The molecule has 0 fully saturated rings. The van der Waals surface area contributed by atoms with Crippen LogP contribution in [0.4, 0.5) is 4.79 Å². The van der Waals surface area contributed by atoms with E-state index in [0.717, 1.165) is 12.0 Å². The van der Waals surface area contributed by atoms with Gasteiger partial charge in [0.25, 0.3) is 0 Å². The van der Waals surface area contributed by atoms with E-state index in [1.807, 2.05) is 39.8 Å². The van der Waals surface area contributed by atoms with E-state index in [4.69, 9.17) is 9.47 Å². The number of cyclic esters (lactones) is 1. The highest BCUT2D eigenvalue weighted by Gasteiger charge is 2.31.